The van der Waals surface area contributed by atoms with E-state index in [0.717, 1.165) is 40.9 Å². The molecular formula is C31H28F6N4OS. The molecular weight excluding hydrogens is 590 g/mol. The Balaban J connectivity index is 1.29. The third kappa shape index (κ3) is 6.07. The normalized spacial score (nSPS) is 17.8. The molecule has 2 aromatic carbocycles. The molecule has 4 aromatic rings. The van der Waals surface area contributed by atoms with Crippen LogP contribution in [-0.4, -0.2) is 47.0 Å². The van der Waals surface area contributed by atoms with E-state index in [9.17, 15) is 31.1 Å². The minimum Gasteiger partial charge on any atom is -0.352 e. The van der Waals surface area contributed by atoms with E-state index < -0.39 is 35.0 Å². The summed E-state index contributed by atoms with van der Waals surface area (Å²) in [6, 6.07) is 10.9. The lowest BCUT2D eigenvalue weighted by atomic mass is 9.89. The molecule has 1 amide bonds. The number of hydrogen-bond donors (Lipinski definition) is 0. The highest BCUT2D eigenvalue weighted by Gasteiger charge is 2.38. The summed E-state index contributed by atoms with van der Waals surface area (Å²) >= 11 is 1.69. The van der Waals surface area contributed by atoms with E-state index in [-0.39, 0.29) is 19.2 Å². The largest absolute Gasteiger partial charge is 0.416 e. The Labute approximate surface area is 248 Å². The number of rotatable bonds is 4. The van der Waals surface area contributed by atoms with Crippen LogP contribution in [0.25, 0.3) is 10.2 Å². The van der Waals surface area contributed by atoms with Crippen molar-refractivity contribution in [1.29, 1.82) is 0 Å². The number of carbonyl (C=O) groups excluding carboxylic acids is 1. The summed E-state index contributed by atoms with van der Waals surface area (Å²) in [6.45, 7) is 3.14. The minimum atomic E-state index is -5.03. The van der Waals surface area contributed by atoms with Crippen molar-refractivity contribution in [3.63, 3.8) is 0 Å². The molecule has 0 spiro atoms. The molecule has 43 heavy (non-hydrogen) atoms. The van der Waals surface area contributed by atoms with Gasteiger partial charge in [0, 0.05) is 43.0 Å². The van der Waals surface area contributed by atoms with Gasteiger partial charge in [0.05, 0.1) is 16.5 Å². The molecule has 2 aliphatic rings. The molecule has 1 aliphatic carbocycles. The van der Waals surface area contributed by atoms with Crippen molar-refractivity contribution in [2.45, 2.75) is 45.0 Å². The second-order valence-electron chi connectivity index (χ2n) is 11.2. The molecule has 0 saturated carbocycles. The molecule has 226 valence electrons. The Hall–Kier alpha value is -3.67. The second-order valence-corrected chi connectivity index (χ2v) is 12.3. The predicted molar refractivity (Wildman–Crippen MR) is 152 cm³/mol. The first kappa shape index (κ1) is 29.4. The highest BCUT2D eigenvalue weighted by Crippen LogP contribution is 2.42. The van der Waals surface area contributed by atoms with Crippen molar-refractivity contribution in [1.82, 2.24) is 14.9 Å². The Morgan fingerprint density at radius 2 is 1.58 bits per heavy atom. The van der Waals surface area contributed by atoms with Gasteiger partial charge < -0.3 is 9.80 Å². The number of piperazine rings is 1. The maximum atomic E-state index is 13.4. The van der Waals surface area contributed by atoms with Crippen molar-refractivity contribution in [3.05, 3.63) is 87.0 Å². The van der Waals surface area contributed by atoms with Gasteiger partial charge in [0.1, 0.15) is 16.5 Å². The molecule has 1 saturated heterocycles. The summed E-state index contributed by atoms with van der Waals surface area (Å²) in [4.78, 5) is 28.7. The van der Waals surface area contributed by atoms with Crippen molar-refractivity contribution >= 4 is 33.3 Å². The first-order valence-electron chi connectivity index (χ1n) is 14.1. The van der Waals surface area contributed by atoms with Crippen LogP contribution >= 0.6 is 11.3 Å². The lowest BCUT2D eigenvalue weighted by Gasteiger charge is -2.36. The minimum absolute atomic E-state index is 0.0321. The lowest BCUT2D eigenvalue weighted by Crippen LogP contribution is -2.49. The van der Waals surface area contributed by atoms with Gasteiger partial charge in [0.2, 0.25) is 0 Å². The Morgan fingerprint density at radius 1 is 0.930 bits per heavy atom. The van der Waals surface area contributed by atoms with Crippen molar-refractivity contribution in [3.8, 4) is 0 Å². The molecule has 1 atom stereocenters. The van der Waals surface area contributed by atoms with E-state index in [0.29, 0.717) is 43.4 Å². The summed E-state index contributed by atoms with van der Waals surface area (Å²) < 4.78 is 80.3. The number of fused-ring (bicyclic) bond motifs is 3. The van der Waals surface area contributed by atoms with Gasteiger partial charge in [-0.05, 0) is 54.5 Å². The predicted octanol–water partition coefficient (Wildman–Crippen LogP) is 7.41. The average Bonchev–Trinajstić information content (AvgIpc) is 3.33. The summed E-state index contributed by atoms with van der Waals surface area (Å²) in [7, 11) is 0. The van der Waals surface area contributed by atoms with Gasteiger partial charge in [0.15, 0.2) is 0 Å². The van der Waals surface area contributed by atoms with Gasteiger partial charge in [-0.1, -0.05) is 37.3 Å². The topological polar surface area (TPSA) is 49.3 Å². The van der Waals surface area contributed by atoms with Crippen molar-refractivity contribution < 1.29 is 31.1 Å². The number of carbonyl (C=O) groups is 1. The molecule has 0 bridgehead atoms. The van der Waals surface area contributed by atoms with Crippen LogP contribution in [0.3, 0.4) is 0 Å². The second kappa shape index (κ2) is 11.1. The third-order valence-electron chi connectivity index (χ3n) is 8.09. The summed E-state index contributed by atoms with van der Waals surface area (Å²) in [6.07, 6.45) is -6.56. The van der Waals surface area contributed by atoms with Gasteiger partial charge in [0.25, 0.3) is 5.91 Å². The number of anilines is 1. The molecule has 0 radical (unpaired) electrons. The number of thiophene rings is 1. The molecule has 1 fully saturated rings. The van der Waals surface area contributed by atoms with Gasteiger partial charge >= 0.3 is 12.4 Å². The van der Waals surface area contributed by atoms with Crippen LogP contribution in [-0.2, 0) is 31.6 Å². The van der Waals surface area contributed by atoms with Crippen LogP contribution in [0.15, 0.2) is 48.5 Å². The van der Waals surface area contributed by atoms with Crippen LogP contribution < -0.4 is 4.90 Å². The highest BCUT2D eigenvalue weighted by molar-refractivity contribution is 7.19. The number of nitrogens with zero attached hydrogens (tertiary/aromatic N) is 4. The maximum absolute atomic E-state index is 13.4. The monoisotopic (exact) mass is 618 g/mol. The number of benzene rings is 2. The third-order valence-corrected chi connectivity index (χ3v) is 9.24. The van der Waals surface area contributed by atoms with Crippen molar-refractivity contribution in [2.24, 2.45) is 5.92 Å². The fourth-order valence-corrected chi connectivity index (χ4v) is 7.23. The van der Waals surface area contributed by atoms with Gasteiger partial charge in [-0.2, -0.15) is 26.3 Å². The van der Waals surface area contributed by atoms with Crippen LogP contribution in [0.4, 0.5) is 32.2 Å². The molecule has 0 N–H and O–H groups in total. The van der Waals surface area contributed by atoms with E-state index in [4.69, 9.17) is 9.97 Å². The lowest BCUT2D eigenvalue weighted by molar-refractivity contribution is -0.143. The number of halogens is 6. The van der Waals surface area contributed by atoms with E-state index in [1.807, 2.05) is 30.3 Å². The number of hydrogen-bond acceptors (Lipinski definition) is 5. The number of amides is 1. The molecule has 1 aliphatic heterocycles. The first-order valence-corrected chi connectivity index (χ1v) is 14.9. The number of aryl methyl sites for hydroxylation is 1. The van der Waals surface area contributed by atoms with Gasteiger partial charge in [-0.15, -0.1) is 11.3 Å². The molecule has 2 aromatic heterocycles. The van der Waals surface area contributed by atoms with Crippen LogP contribution in [0, 0.1) is 5.92 Å². The summed E-state index contributed by atoms with van der Waals surface area (Å²) in [5.41, 5.74) is -1.32. The van der Waals surface area contributed by atoms with Crippen LogP contribution in [0.5, 0.6) is 0 Å². The maximum Gasteiger partial charge on any atom is 0.416 e. The van der Waals surface area contributed by atoms with E-state index in [1.165, 1.54) is 15.3 Å². The molecule has 1 unspecified atom stereocenters. The van der Waals surface area contributed by atoms with E-state index in [1.54, 1.807) is 11.3 Å². The van der Waals surface area contributed by atoms with E-state index in [2.05, 4.69) is 11.8 Å². The SMILES string of the molecule is CC1CCc2c(sc3nc(Cc4ccccc4)nc(N4CCN(C(=O)c5cc(C(F)(F)F)cc(C(F)(F)F)c5)CC4)c23)C1. The number of alkyl halides is 6. The molecule has 6 rings (SSSR count). The zero-order valence-corrected chi connectivity index (χ0v) is 24.0. The van der Waals surface area contributed by atoms with Crippen molar-refractivity contribution in [2.75, 3.05) is 31.1 Å². The number of aromatic nitrogens is 2. The smallest absolute Gasteiger partial charge is 0.352 e. The fraction of sp³-hybridized carbons (Fsp3) is 0.387. The molecule has 3 heterocycles. The standard InChI is InChI=1S/C31H28F6N4OS/c1-18-7-8-23-24(13-18)43-28-26(23)27(38-25(39-28)14-19-5-3-2-4-6-19)40-9-11-41(12-10-40)29(42)20-15-21(30(32,33)34)17-22(16-20)31(35,36)37/h2-6,15-18H,7-14H2,1H3. The Kier molecular flexibility index (Phi) is 7.60. The Bertz CT molecular complexity index is 1630. The van der Waals surface area contributed by atoms with Crippen LogP contribution in [0.2, 0.25) is 0 Å². The first-order chi connectivity index (χ1) is 20.4. The van der Waals surface area contributed by atoms with Crippen LogP contribution in [0.1, 0.15) is 56.7 Å². The Morgan fingerprint density at radius 3 is 2.21 bits per heavy atom. The van der Waals surface area contributed by atoms with E-state index >= 15 is 0 Å². The molecule has 5 nitrogen and oxygen atoms in total. The summed E-state index contributed by atoms with van der Waals surface area (Å²) in [5, 5.41) is 1.01. The van der Waals surface area contributed by atoms with Gasteiger partial charge in [-0.25, -0.2) is 9.97 Å². The van der Waals surface area contributed by atoms with Gasteiger partial charge in [-0.3, -0.25) is 4.79 Å². The highest BCUT2D eigenvalue weighted by atomic mass is 32.1. The fourth-order valence-electron chi connectivity index (χ4n) is 5.83. The zero-order chi connectivity index (χ0) is 30.5. The average molecular weight is 619 g/mol. The quantitative estimate of drug-likeness (QED) is 0.224. The zero-order valence-electron chi connectivity index (χ0n) is 23.2. The summed E-state index contributed by atoms with van der Waals surface area (Å²) in [5.74, 6) is 1.15. The molecule has 12 heteroatoms.